The fourth-order valence-corrected chi connectivity index (χ4v) is 5.39. The Labute approximate surface area is 211 Å². The first-order valence-electron chi connectivity index (χ1n) is 12.5. The van der Waals surface area contributed by atoms with E-state index in [9.17, 15) is 9.59 Å². The van der Waals surface area contributed by atoms with Gasteiger partial charge in [-0.1, -0.05) is 6.07 Å². The molecule has 8 nitrogen and oxygen atoms in total. The van der Waals surface area contributed by atoms with Crippen LogP contribution in [0.25, 0.3) is 0 Å². The molecule has 8 heteroatoms. The molecule has 2 unspecified atom stereocenters. The third kappa shape index (κ3) is 5.75. The van der Waals surface area contributed by atoms with Crippen LogP contribution in [0.4, 0.5) is 5.82 Å². The lowest BCUT2D eigenvalue weighted by molar-refractivity contribution is 0.0923. The van der Waals surface area contributed by atoms with Crippen LogP contribution in [0, 0.1) is 6.92 Å². The highest BCUT2D eigenvalue weighted by molar-refractivity contribution is 5.96. The first-order valence-corrected chi connectivity index (χ1v) is 12.5. The minimum absolute atomic E-state index is 0. The van der Waals surface area contributed by atoms with E-state index < -0.39 is 0 Å². The Kier molecular flexibility index (Phi) is 7.90. The number of fused-ring (bicyclic) bond motifs is 2. The summed E-state index contributed by atoms with van der Waals surface area (Å²) in [5, 5.41) is 6.22. The normalized spacial score (nSPS) is 21.2. The number of pyridine rings is 1. The molecule has 1 aromatic carbocycles. The summed E-state index contributed by atoms with van der Waals surface area (Å²) >= 11 is 0. The molecule has 1 aromatic heterocycles. The van der Waals surface area contributed by atoms with Crippen LogP contribution in [0.2, 0.25) is 0 Å². The van der Waals surface area contributed by atoms with Crippen LogP contribution in [-0.2, 0) is 0 Å². The molecule has 2 atom stereocenters. The molecule has 2 aliphatic heterocycles. The molecule has 2 N–H and O–H groups in total. The van der Waals surface area contributed by atoms with Crippen molar-refractivity contribution in [3.05, 3.63) is 53.2 Å². The highest BCUT2D eigenvalue weighted by atomic mass is 16.5. The van der Waals surface area contributed by atoms with Crippen LogP contribution in [0.1, 0.15) is 61.2 Å². The van der Waals surface area contributed by atoms with Gasteiger partial charge in [0.05, 0.1) is 12.7 Å². The highest BCUT2D eigenvalue weighted by Crippen LogP contribution is 2.38. The van der Waals surface area contributed by atoms with Crippen molar-refractivity contribution >= 4 is 17.6 Å². The fraction of sp³-hybridized carbons (Fsp3) is 0.519. The van der Waals surface area contributed by atoms with E-state index in [4.69, 9.17) is 4.74 Å². The van der Waals surface area contributed by atoms with Gasteiger partial charge in [-0.15, -0.1) is 0 Å². The number of hydrogen-bond donors (Lipinski definition) is 2. The van der Waals surface area contributed by atoms with Gasteiger partial charge in [0.2, 0.25) is 0 Å². The molecule has 35 heavy (non-hydrogen) atoms. The second-order valence-corrected chi connectivity index (χ2v) is 9.88. The standard InChI is InChI=1S/C27H37N5O3.2H2/c1-18-23(7-5-8-24(18)35-4)27(34)30-20-15-21-10-11-22(16-20)32(21)25-12-9-19(17-29-25)26(33)28-13-6-14-31(2)3;;/h5,7-9,12,17,20-22H,6,10-11,13-16H2,1-4H3,(H,28,33)(H,30,34);2*1H. The van der Waals surface area contributed by atoms with Crippen molar-refractivity contribution in [3.63, 3.8) is 0 Å². The number of methoxy groups -OCH3 is 1. The van der Waals surface area contributed by atoms with Gasteiger partial charge in [0.25, 0.3) is 11.8 Å². The molecule has 2 aliphatic rings. The van der Waals surface area contributed by atoms with Crippen molar-refractivity contribution in [2.45, 2.75) is 57.2 Å². The zero-order valence-electron chi connectivity index (χ0n) is 21.2. The van der Waals surface area contributed by atoms with Crippen molar-refractivity contribution in [1.29, 1.82) is 0 Å². The molecular formula is C27H41N5O3. The number of rotatable bonds is 9. The first-order chi connectivity index (χ1) is 16.9. The van der Waals surface area contributed by atoms with Gasteiger partial charge in [0, 0.05) is 44.8 Å². The first kappa shape index (κ1) is 25.0. The average molecular weight is 484 g/mol. The van der Waals surface area contributed by atoms with Gasteiger partial charge < -0.3 is 25.2 Å². The Morgan fingerprint density at radius 2 is 1.89 bits per heavy atom. The number of benzene rings is 1. The summed E-state index contributed by atoms with van der Waals surface area (Å²) < 4.78 is 5.37. The van der Waals surface area contributed by atoms with Crippen LogP contribution in [-0.4, -0.2) is 74.1 Å². The number of aromatic nitrogens is 1. The summed E-state index contributed by atoms with van der Waals surface area (Å²) in [4.78, 5) is 34.5. The monoisotopic (exact) mass is 483 g/mol. The molecule has 2 bridgehead atoms. The van der Waals surface area contributed by atoms with Gasteiger partial charge in [-0.2, -0.15) is 0 Å². The Bertz CT molecular complexity index is 1040. The van der Waals surface area contributed by atoms with Gasteiger partial charge in [-0.3, -0.25) is 9.59 Å². The predicted octanol–water partition coefficient (Wildman–Crippen LogP) is 3.50. The van der Waals surface area contributed by atoms with Crippen molar-refractivity contribution in [2.24, 2.45) is 0 Å². The molecule has 2 fully saturated rings. The van der Waals surface area contributed by atoms with Gasteiger partial charge in [-0.25, -0.2) is 4.98 Å². The van der Waals surface area contributed by atoms with Crippen molar-refractivity contribution < 1.29 is 17.2 Å². The van der Waals surface area contributed by atoms with Gasteiger partial charge >= 0.3 is 0 Å². The van der Waals surface area contributed by atoms with E-state index >= 15 is 0 Å². The number of piperidine rings is 1. The van der Waals surface area contributed by atoms with Gasteiger partial charge in [0.1, 0.15) is 11.6 Å². The quantitative estimate of drug-likeness (QED) is 0.531. The smallest absolute Gasteiger partial charge is 0.252 e. The second kappa shape index (κ2) is 11.1. The molecule has 4 rings (SSSR count). The van der Waals surface area contributed by atoms with E-state index in [-0.39, 0.29) is 20.7 Å². The van der Waals surface area contributed by atoms with Gasteiger partial charge in [0.15, 0.2) is 0 Å². The number of nitrogens with zero attached hydrogens (tertiary/aromatic N) is 3. The van der Waals surface area contributed by atoms with Crippen LogP contribution in [0.3, 0.4) is 0 Å². The molecule has 0 aliphatic carbocycles. The van der Waals surface area contributed by atoms with E-state index in [1.165, 1.54) is 0 Å². The molecule has 2 aromatic rings. The van der Waals surface area contributed by atoms with Crippen LogP contribution < -0.4 is 20.3 Å². The molecular weight excluding hydrogens is 442 g/mol. The summed E-state index contributed by atoms with van der Waals surface area (Å²) in [6.45, 7) is 3.51. The lowest BCUT2D eigenvalue weighted by Crippen LogP contribution is -2.50. The van der Waals surface area contributed by atoms with Gasteiger partial charge in [-0.05, 0) is 83.9 Å². The Balaban J connectivity index is 0.00000241. The second-order valence-electron chi connectivity index (χ2n) is 9.88. The maximum Gasteiger partial charge on any atom is 0.252 e. The summed E-state index contributed by atoms with van der Waals surface area (Å²) in [5.41, 5.74) is 2.11. The molecule has 2 saturated heterocycles. The van der Waals surface area contributed by atoms with E-state index in [0.717, 1.165) is 55.8 Å². The minimum atomic E-state index is -0.0833. The maximum absolute atomic E-state index is 13.0. The number of carbonyl (C=O) groups is 2. The van der Waals surface area contributed by atoms with E-state index in [1.54, 1.807) is 13.3 Å². The predicted molar refractivity (Wildman–Crippen MR) is 141 cm³/mol. The Morgan fingerprint density at radius 1 is 1.14 bits per heavy atom. The SMILES string of the molecule is COc1cccc(C(=O)NC2CC3CCC(C2)N3c2ccc(C(=O)NCCCN(C)C)cn2)c1C.[HH].[HH]. The lowest BCUT2D eigenvalue weighted by atomic mass is 9.96. The maximum atomic E-state index is 13.0. The van der Waals surface area contributed by atoms with Crippen LogP contribution in [0.5, 0.6) is 5.75 Å². The zero-order valence-corrected chi connectivity index (χ0v) is 21.2. The number of anilines is 1. The molecule has 0 radical (unpaired) electrons. The van der Waals surface area contributed by atoms with Crippen LogP contribution in [0.15, 0.2) is 36.5 Å². The third-order valence-corrected chi connectivity index (χ3v) is 7.16. The van der Waals surface area contributed by atoms with E-state index in [0.29, 0.717) is 29.8 Å². The Hall–Kier alpha value is -3.13. The molecule has 0 saturated carbocycles. The minimum Gasteiger partial charge on any atom is -0.496 e. The van der Waals surface area contributed by atoms with Crippen molar-refractivity contribution in [1.82, 2.24) is 20.5 Å². The zero-order chi connectivity index (χ0) is 24.9. The molecule has 192 valence electrons. The van der Waals surface area contributed by atoms with Crippen LogP contribution >= 0.6 is 0 Å². The number of amides is 2. The number of hydrogen-bond acceptors (Lipinski definition) is 6. The van der Waals surface area contributed by atoms with Crippen molar-refractivity contribution in [3.8, 4) is 5.75 Å². The topological polar surface area (TPSA) is 86.8 Å². The Morgan fingerprint density at radius 3 is 2.51 bits per heavy atom. The third-order valence-electron chi connectivity index (χ3n) is 7.16. The fourth-order valence-electron chi connectivity index (χ4n) is 5.39. The summed E-state index contributed by atoms with van der Waals surface area (Å²) in [5.74, 6) is 1.51. The number of nitrogens with one attached hydrogen (secondary N) is 2. The largest absolute Gasteiger partial charge is 0.496 e. The highest BCUT2D eigenvalue weighted by Gasteiger charge is 2.41. The van der Waals surface area contributed by atoms with Crippen molar-refractivity contribution in [2.75, 3.05) is 39.2 Å². The number of ether oxygens (including phenoxy) is 1. The summed E-state index contributed by atoms with van der Waals surface area (Å²) in [6, 6.07) is 10.2. The lowest BCUT2D eigenvalue weighted by Gasteiger charge is -2.40. The van der Waals surface area contributed by atoms with E-state index in [1.807, 2.05) is 51.4 Å². The summed E-state index contributed by atoms with van der Waals surface area (Å²) in [7, 11) is 5.67. The van der Waals surface area contributed by atoms with E-state index in [2.05, 4.69) is 25.4 Å². The molecule has 0 spiro atoms. The number of carbonyl (C=O) groups excluding carboxylic acids is 2. The molecule has 2 amide bonds. The average Bonchev–Trinajstić information content (AvgIpc) is 3.11. The molecule has 3 heterocycles. The summed E-state index contributed by atoms with van der Waals surface area (Å²) in [6.07, 6.45) is 6.55.